The number of carbonyl (C=O) groups excluding carboxylic acids is 2. The Morgan fingerprint density at radius 2 is 2.19 bits per heavy atom. The Bertz CT molecular complexity index is 836. The van der Waals surface area contributed by atoms with Gasteiger partial charge >= 0.3 is 6.03 Å². The number of anilines is 1. The summed E-state index contributed by atoms with van der Waals surface area (Å²) < 4.78 is 1.73. The maximum absolute atomic E-state index is 12.7. The van der Waals surface area contributed by atoms with Crippen LogP contribution < -0.4 is 5.32 Å². The van der Waals surface area contributed by atoms with Crippen molar-refractivity contribution in [3.63, 3.8) is 0 Å². The first-order valence-corrected chi connectivity index (χ1v) is 9.29. The van der Waals surface area contributed by atoms with Gasteiger partial charge in [-0.3, -0.25) is 4.79 Å². The van der Waals surface area contributed by atoms with E-state index in [1.165, 1.54) is 6.33 Å². The van der Waals surface area contributed by atoms with Gasteiger partial charge in [-0.1, -0.05) is 12.1 Å². The molecule has 1 unspecified atom stereocenters. The van der Waals surface area contributed by atoms with Crippen LogP contribution in [0.25, 0.3) is 0 Å². The summed E-state index contributed by atoms with van der Waals surface area (Å²) in [5.74, 6) is 0.180. The van der Waals surface area contributed by atoms with Crippen molar-refractivity contribution in [2.24, 2.45) is 5.41 Å². The molecule has 27 heavy (non-hydrogen) atoms. The molecule has 0 radical (unpaired) electrons. The van der Waals surface area contributed by atoms with Crippen LogP contribution in [0, 0.1) is 5.41 Å². The van der Waals surface area contributed by atoms with Gasteiger partial charge in [0, 0.05) is 32.4 Å². The zero-order chi connectivity index (χ0) is 18.9. The van der Waals surface area contributed by atoms with Gasteiger partial charge in [-0.25, -0.2) is 14.5 Å². The average molecular weight is 368 g/mol. The summed E-state index contributed by atoms with van der Waals surface area (Å²) in [6.45, 7) is 2.52. The minimum absolute atomic E-state index is 0.147. The normalized spacial score (nSPS) is 22.5. The standard InChI is InChI=1S/C19H24N6O2/c1-23-8-3-6-19(17(23)26)7-9-24(12-19)18(27)22-16-5-2-4-15(10-16)11-25-14-20-13-21-25/h2,4-5,10,13-14H,3,6-9,11-12H2,1H3,(H,22,27). The third-order valence-electron chi connectivity index (χ3n) is 5.58. The van der Waals surface area contributed by atoms with E-state index in [2.05, 4.69) is 15.4 Å². The van der Waals surface area contributed by atoms with Gasteiger partial charge in [-0.15, -0.1) is 0 Å². The maximum Gasteiger partial charge on any atom is 0.321 e. The first-order chi connectivity index (χ1) is 13.1. The highest BCUT2D eigenvalue weighted by Gasteiger charge is 2.48. The van der Waals surface area contributed by atoms with Crippen molar-refractivity contribution >= 4 is 17.6 Å². The summed E-state index contributed by atoms with van der Waals surface area (Å²) in [5, 5.41) is 7.07. The second-order valence-corrected chi connectivity index (χ2v) is 7.51. The van der Waals surface area contributed by atoms with Crippen molar-refractivity contribution in [3.8, 4) is 0 Å². The molecule has 1 aromatic heterocycles. The van der Waals surface area contributed by atoms with E-state index in [-0.39, 0.29) is 17.4 Å². The maximum atomic E-state index is 12.7. The Balaban J connectivity index is 1.40. The number of hydrogen-bond acceptors (Lipinski definition) is 4. The number of piperidine rings is 1. The molecule has 3 amide bonds. The zero-order valence-electron chi connectivity index (χ0n) is 15.5. The monoisotopic (exact) mass is 368 g/mol. The van der Waals surface area contributed by atoms with Crippen LogP contribution in [-0.2, 0) is 11.3 Å². The van der Waals surface area contributed by atoms with Crippen LogP contribution in [0.1, 0.15) is 24.8 Å². The number of rotatable bonds is 3. The molecule has 2 fully saturated rings. The summed E-state index contributed by atoms with van der Waals surface area (Å²) in [4.78, 5) is 32.9. The zero-order valence-corrected chi connectivity index (χ0v) is 15.5. The molecule has 8 nitrogen and oxygen atoms in total. The predicted octanol–water partition coefficient (Wildman–Crippen LogP) is 1.80. The van der Waals surface area contributed by atoms with E-state index in [0.717, 1.165) is 37.1 Å². The number of likely N-dealkylation sites (tertiary alicyclic amines) is 2. The van der Waals surface area contributed by atoms with Crippen LogP contribution in [0.2, 0.25) is 0 Å². The lowest BCUT2D eigenvalue weighted by atomic mass is 9.78. The predicted molar refractivity (Wildman–Crippen MR) is 100 cm³/mol. The number of benzene rings is 1. The lowest BCUT2D eigenvalue weighted by Gasteiger charge is -2.37. The van der Waals surface area contributed by atoms with Gasteiger partial charge in [-0.05, 0) is 37.0 Å². The number of hydrogen-bond donors (Lipinski definition) is 1. The van der Waals surface area contributed by atoms with Crippen LogP contribution in [0.15, 0.2) is 36.9 Å². The van der Waals surface area contributed by atoms with Crippen LogP contribution >= 0.6 is 0 Å². The fraction of sp³-hybridized carbons (Fsp3) is 0.474. The molecule has 1 N–H and O–H groups in total. The first kappa shape index (κ1) is 17.5. The highest BCUT2D eigenvalue weighted by atomic mass is 16.2. The summed E-state index contributed by atoms with van der Waals surface area (Å²) in [5.41, 5.74) is 1.38. The molecule has 1 aromatic carbocycles. The first-order valence-electron chi connectivity index (χ1n) is 9.29. The Labute approximate surface area is 158 Å². The fourth-order valence-electron chi connectivity index (χ4n) is 4.14. The van der Waals surface area contributed by atoms with Crippen LogP contribution in [-0.4, -0.2) is 63.2 Å². The Morgan fingerprint density at radius 1 is 1.30 bits per heavy atom. The van der Waals surface area contributed by atoms with Gasteiger partial charge in [0.25, 0.3) is 0 Å². The highest BCUT2D eigenvalue weighted by Crippen LogP contribution is 2.39. The van der Waals surface area contributed by atoms with Crippen molar-refractivity contribution in [2.75, 3.05) is 32.0 Å². The number of carbonyl (C=O) groups is 2. The average Bonchev–Trinajstić information content (AvgIpc) is 3.31. The van der Waals surface area contributed by atoms with E-state index < -0.39 is 0 Å². The van der Waals surface area contributed by atoms with Gasteiger partial charge in [0.2, 0.25) is 5.91 Å². The Kier molecular flexibility index (Phi) is 4.55. The Hall–Kier alpha value is -2.90. The second-order valence-electron chi connectivity index (χ2n) is 7.51. The lowest BCUT2D eigenvalue weighted by Crippen LogP contribution is -2.49. The van der Waals surface area contributed by atoms with Crippen molar-refractivity contribution in [1.82, 2.24) is 24.6 Å². The molecule has 2 aliphatic heterocycles. The summed E-state index contributed by atoms with van der Waals surface area (Å²) in [6, 6.07) is 7.55. The molecule has 142 valence electrons. The molecule has 1 atom stereocenters. The van der Waals surface area contributed by atoms with Crippen LogP contribution in [0.5, 0.6) is 0 Å². The van der Waals surface area contributed by atoms with Crippen molar-refractivity contribution < 1.29 is 9.59 Å². The summed E-state index contributed by atoms with van der Waals surface area (Å²) in [7, 11) is 1.85. The van der Waals surface area contributed by atoms with E-state index >= 15 is 0 Å². The fourth-order valence-corrected chi connectivity index (χ4v) is 4.14. The molecule has 4 rings (SSSR count). The van der Waals surface area contributed by atoms with E-state index in [9.17, 15) is 9.59 Å². The molecule has 0 bridgehead atoms. The van der Waals surface area contributed by atoms with E-state index in [1.807, 2.05) is 31.3 Å². The molecule has 0 saturated carbocycles. The third-order valence-corrected chi connectivity index (χ3v) is 5.58. The van der Waals surface area contributed by atoms with Gasteiger partial charge < -0.3 is 15.1 Å². The number of urea groups is 1. The van der Waals surface area contributed by atoms with E-state index in [4.69, 9.17) is 0 Å². The molecular formula is C19H24N6O2. The van der Waals surface area contributed by atoms with Gasteiger partial charge in [0.05, 0.1) is 12.0 Å². The summed E-state index contributed by atoms with van der Waals surface area (Å²) >= 11 is 0. The highest BCUT2D eigenvalue weighted by molar-refractivity contribution is 5.91. The van der Waals surface area contributed by atoms with Crippen molar-refractivity contribution in [2.45, 2.75) is 25.8 Å². The van der Waals surface area contributed by atoms with Crippen LogP contribution in [0.4, 0.5) is 10.5 Å². The topological polar surface area (TPSA) is 83.4 Å². The molecule has 2 aliphatic rings. The number of nitrogens with zero attached hydrogens (tertiary/aromatic N) is 5. The third kappa shape index (κ3) is 3.51. The molecule has 2 saturated heterocycles. The molecular weight excluding hydrogens is 344 g/mol. The number of aromatic nitrogens is 3. The van der Waals surface area contributed by atoms with Gasteiger partial charge in [0.1, 0.15) is 12.7 Å². The van der Waals surface area contributed by atoms with E-state index in [1.54, 1.807) is 20.8 Å². The number of amides is 3. The quantitative estimate of drug-likeness (QED) is 0.895. The summed E-state index contributed by atoms with van der Waals surface area (Å²) in [6.07, 6.45) is 5.78. The molecule has 0 aliphatic carbocycles. The lowest BCUT2D eigenvalue weighted by molar-refractivity contribution is -0.143. The minimum Gasteiger partial charge on any atom is -0.345 e. The Morgan fingerprint density at radius 3 is 3.00 bits per heavy atom. The minimum atomic E-state index is -0.390. The van der Waals surface area contributed by atoms with Crippen LogP contribution in [0.3, 0.4) is 0 Å². The SMILES string of the molecule is CN1CCCC2(CCN(C(=O)Nc3cccc(Cn4cncn4)c3)C2)C1=O. The van der Waals surface area contributed by atoms with Crippen molar-refractivity contribution in [1.29, 1.82) is 0 Å². The molecule has 8 heteroatoms. The van der Waals surface area contributed by atoms with E-state index in [0.29, 0.717) is 19.6 Å². The molecule has 3 heterocycles. The molecule has 2 aromatic rings. The second kappa shape index (κ2) is 7.02. The largest absolute Gasteiger partial charge is 0.345 e. The van der Waals surface area contributed by atoms with Gasteiger partial charge in [-0.2, -0.15) is 5.10 Å². The van der Waals surface area contributed by atoms with Gasteiger partial charge in [0.15, 0.2) is 0 Å². The van der Waals surface area contributed by atoms with Crippen molar-refractivity contribution in [3.05, 3.63) is 42.5 Å². The number of nitrogens with one attached hydrogen (secondary N) is 1. The molecule has 1 spiro atoms. The smallest absolute Gasteiger partial charge is 0.321 e.